The van der Waals surface area contributed by atoms with Gasteiger partial charge in [0.1, 0.15) is 12.0 Å². The van der Waals surface area contributed by atoms with E-state index in [9.17, 15) is 22.4 Å². The van der Waals surface area contributed by atoms with E-state index in [1.54, 1.807) is 18.8 Å². The number of hydrogen-bond acceptors (Lipinski definition) is 10. The quantitative estimate of drug-likeness (QED) is 0.280. The van der Waals surface area contributed by atoms with Crippen molar-refractivity contribution in [1.29, 1.82) is 0 Å². The zero-order chi connectivity index (χ0) is 38.0. The minimum atomic E-state index is -4.83. The minimum Gasteiger partial charge on any atom is -0.467 e. The van der Waals surface area contributed by atoms with Crippen LogP contribution in [-0.2, 0) is 41.8 Å². The summed E-state index contributed by atoms with van der Waals surface area (Å²) in [4.78, 5) is 27.4. The number of rotatable bonds is 4. The van der Waals surface area contributed by atoms with Gasteiger partial charge in [-0.3, -0.25) is 14.4 Å². The van der Waals surface area contributed by atoms with Gasteiger partial charge in [0.2, 0.25) is 0 Å². The first-order valence-electron chi connectivity index (χ1n) is 17.4. The summed E-state index contributed by atoms with van der Waals surface area (Å²) in [6.07, 6.45) is -3.64. The number of amides is 1. The number of carbonyl (C=O) groups excluding carboxylic acids is 1. The lowest BCUT2D eigenvalue weighted by Crippen LogP contribution is -2.52. The number of aromatic nitrogens is 4. The van der Waals surface area contributed by atoms with Gasteiger partial charge in [-0.25, -0.2) is 8.78 Å². The number of nitrogen functional groups attached to an aromatic ring is 1. The van der Waals surface area contributed by atoms with E-state index in [1.807, 2.05) is 4.90 Å². The van der Waals surface area contributed by atoms with Crippen molar-refractivity contribution in [3.63, 3.8) is 0 Å². The Hall–Kier alpha value is -3.80. The molecule has 1 aromatic carbocycles. The highest BCUT2D eigenvalue weighted by atomic mass is 35.5. The Labute approximate surface area is 308 Å². The Morgan fingerprint density at radius 3 is 2.58 bits per heavy atom. The van der Waals surface area contributed by atoms with Crippen molar-refractivity contribution >= 4 is 29.0 Å². The third-order valence-corrected chi connectivity index (χ3v) is 11.3. The van der Waals surface area contributed by atoms with Crippen molar-refractivity contribution in [1.82, 2.24) is 29.5 Å². The normalized spacial score (nSPS) is 24.8. The number of hydrogen-bond donors (Lipinski definition) is 1. The number of fused-ring (bicyclic) bond motifs is 3. The van der Waals surface area contributed by atoms with Gasteiger partial charge in [0.05, 0.1) is 79.2 Å². The molecule has 3 fully saturated rings. The first-order chi connectivity index (χ1) is 25.0. The van der Waals surface area contributed by atoms with Gasteiger partial charge in [0.15, 0.2) is 11.5 Å². The average molecular weight is 769 g/mol. The van der Waals surface area contributed by atoms with Crippen LogP contribution in [0.3, 0.4) is 0 Å². The second-order valence-electron chi connectivity index (χ2n) is 15.1. The summed E-state index contributed by atoms with van der Waals surface area (Å²) >= 11 is 6.72. The summed E-state index contributed by atoms with van der Waals surface area (Å²) in [5, 5.41) is 4.75. The smallest absolute Gasteiger partial charge is 0.416 e. The van der Waals surface area contributed by atoms with Crippen molar-refractivity contribution in [3.8, 4) is 6.01 Å². The fraction of sp³-hybridized carbons (Fsp3) is 0.600. The molecule has 7 heterocycles. The minimum absolute atomic E-state index is 0.0234. The van der Waals surface area contributed by atoms with Gasteiger partial charge < -0.3 is 29.7 Å². The summed E-state index contributed by atoms with van der Waals surface area (Å²) in [6.45, 7) is 5.76. The molecule has 3 saturated heterocycles. The van der Waals surface area contributed by atoms with E-state index in [4.69, 9.17) is 31.5 Å². The molecule has 5 aliphatic rings. The average Bonchev–Trinajstić information content (AvgIpc) is 3.64. The van der Waals surface area contributed by atoms with E-state index >= 15 is 4.39 Å². The highest BCUT2D eigenvalue weighted by Gasteiger charge is 2.47. The zero-order valence-corrected chi connectivity index (χ0v) is 30.7. The molecule has 0 aliphatic carbocycles. The standard InChI is InChI=1S/C27H28ClF4N7O4.C8H14FN/c1-37(2)24(40)22-20(28)17-7-38(9-26(11-42-12-26)10-39(17)36-22)23-13-8-43-18(6-16(13)34-25(35-23)41-3)19-14(27(30,31)32)4-5-15(33)21(19)29;1-8-3-2-4-10(8)6-7(9)5-8/h4-5,18H,6-12,33H2,1-3H3;7H,2-6H2,1H3. The molecule has 0 saturated carbocycles. The highest BCUT2D eigenvalue weighted by molar-refractivity contribution is 6.34. The molecule has 1 spiro atoms. The van der Waals surface area contributed by atoms with E-state index in [0.29, 0.717) is 55.6 Å². The molecule has 3 unspecified atom stereocenters. The van der Waals surface area contributed by atoms with E-state index < -0.39 is 41.1 Å². The maximum Gasteiger partial charge on any atom is 0.416 e. The van der Waals surface area contributed by atoms with Gasteiger partial charge >= 0.3 is 12.2 Å². The lowest BCUT2D eigenvalue weighted by molar-refractivity contribution is -0.140. The molecule has 0 bridgehead atoms. The SMILES string of the molecule is CC12CCCN1CC(F)C2.COc1nc2c(c(N3Cc4c(Cl)c(C(=O)N(C)C)nn4CC4(COC4)C3)n1)COC(c1c(C(F)(F)F)ccc(N)c1F)C2. The van der Waals surface area contributed by atoms with Gasteiger partial charge in [-0.15, -0.1) is 0 Å². The van der Waals surface area contributed by atoms with Crippen molar-refractivity contribution < 1.29 is 41.0 Å². The van der Waals surface area contributed by atoms with Crippen LogP contribution in [0.2, 0.25) is 5.02 Å². The third kappa shape index (κ3) is 6.89. The number of alkyl halides is 4. The van der Waals surface area contributed by atoms with Gasteiger partial charge in [-0.1, -0.05) is 11.6 Å². The van der Waals surface area contributed by atoms with Crippen LogP contribution in [0.1, 0.15) is 70.9 Å². The molecule has 1 amide bonds. The molecular weight excluding hydrogens is 727 g/mol. The summed E-state index contributed by atoms with van der Waals surface area (Å²) in [7, 11) is 4.59. The molecule has 8 rings (SSSR count). The van der Waals surface area contributed by atoms with E-state index in [0.717, 1.165) is 25.1 Å². The fourth-order valence-electron chi connectivity index (χ4n) is 8.18. The molecule has 0 radical (unpaired) electrons. The van der Waals surface area contributed by atoms with Crippen molar-refractivity contribution in [2.24, 2.45) is 5.41 Å². The highest BCUT2D eigenvalue weighted by Crippen LogP contribution is 2.45. The first-order valence-corrected chi connectivity index (χ1v) is 17.8. The fourth-order valence-corrected chi connectivity index (χ4v) is 8.46. The molecule has 3 atom stereocenters. The molecular formula is C35H42ClF5N8O4. The van der Waals surface area contributed by atoms with Gasteiger partial charge in [-0.2, -0.15) is 28.2 Å². The van der Waals surface area contributed by atoms with Crippen LogP contribution >= 0.6 is 11.6 Å². The van der Waals surface area contributed by atoms with Gasteiger partial charge in [0, 0.05) is 50.3 Å². The molecule has 288 valence electrons. The van der Waals surface area contributed by atoms with Gasteiger partial charge in [-0.05, 0) is 44.9 Å². The molecule has 3 aromatic rings. The topological polar surface area (TPSA) is 124 Å². The second kappa shape index (κ2) is 13.8. The van der Waals surface area contributed by atoms with Crippen molar-refractivity contribution in [3.05, 3.63) is 56.7 Å². The van der Waals surface area contributed by atoms with E-state index in [-0.39, 0.29) is 53.2 Å². The van der Waals surface area contributed by atoms with Crippen LogP contribution < -0.4 is 15.4 Å². The van der Waals surface area contributed by atoms with Crippen LogP contribution in [0.5, 0.6) is 6.01 Å². The number of nitrogens with zero attached hydrogens (tertiary/aromatic N) is 7. The number of halogens is 6. The summed E-state index contributed by atoms with van der Waals surface area (Å²) in [5.74, 6) is -1.11. The largest absolute Gasteiger partial charge is 0.467 e. The molecule has 2 N–H and O–H groups in total. The Bertz CT molecular complexity index is 1910. The molecule has 5 aliphatic heterocycles. The maximum atomic E-state index is 15.1. The van der Waals surface area contributed by atoms with Gasteiger partial charge in [0.25, 0.3) is 5.91 Å². The Morgan fingerprint density at radius 1 is 1.19 bits per heavy atom. The van der Waals surface area contributed by atoms with Crippen molar-refractivity contribution in [2.45, 2.75) is 76.3 Å². The number of benzene rings is 1. The van der Waals surface area contributed by atoms with Crippen LogP contribution in [0.4, 0.5) is 33.5 Å². The third-order valence-electron chi connectivity index (χ3n) is 10.9. The van der Waals surface area contributed by atoms with Crippen LogP contribution in [0.15, 0.2) is 12.1 Å². The molecule has 53 heavy (non-hydrogen) atoms. The number of nitrogens with two attached hydrogens (primary N) is 1. The predicted molar refractivity (Wildman–Crippen MR) is 184 cm³/mol. The summed E-state index contributed by atoms with van der Waals surface area (Å²) < 4.78 is 88.1. The van der Waals surface area contributed by atoms with Crippen LogP contribution in [0.25, 0.3) is 0 Å². The van der Waals surface area contributed by atoms with Crippen LogP contribution in [0, 0.1) is 11.2 Å². The number of ether oxygens (including phenoxy) is 3. The number of carbonyl (C=O) groups is 1. The number of methoxy groups -OCH3 is 1. The molecule has 18 heteroatoms. The Balaban J connectivity index is 0.000000373. The zero-order valence-electron chi connectivity index (χ0n) is 29.9. The van der Waals surface area contributed by atoms with E-state index in [2.05, 4.69) is 26.9 Å². The maximum absolute atomic E-state index is 15.1. The summed E-state index contributed by atoms with van der Waals surface area (Å²) in [6, 6.07) is 1.61. The van der Waals surface area contributed by atoms with E-state index in [1.165, 1.54) is 24.9 Å². The predicted octanol–water partition coefficient (Wildman–Crippen LogP) is 5.21. The molecule has 2 aromatic heterocycles. The van der Waals surface area contributed by atoms with Crippen LogP contribution in [-0.4, -0.2) is 101 Å². The Morgan fingerprint density at radius 2 is 1.94 bits per heavy atom. The molecule has 12 nitrogen and oxygen atoms in total. The first kappa shape index (κ1) is 37.5. The lowest BCUT2D eigenvalue weighted by Gasteiger charge is -2.43. The number of anilines is 2. The Kier molecular flexibility index (Phi) is 9.77. The monoisotopic (exact) mass is 768 g/mol. The lowest BCUT2D eigenvalue weighted by atomic mass is 9.85. The summed E-state index contributed by atoms with van der Waals surface area (Å²) in [5.41, 5.74) is 4.81. The second-order valence-corrected chi connectivity index (χ2v) is 15.4. The van der Waals surface area contributed by atoms with Crippen molar-refractivity contribution in [2.75, 3.05) is 64.7 Å².